The Labute approximate surface area is 200 Å². The molecule has 0 unspecified atom stereocenters. The fraction of sp³-hybridized carbons (Fsp3) is 0.704. The molecule has 2 aliphatic heterocycles. The van der Waals surface area contributed by atoms with Crippen LogP contribution in [0.1, 0.15) is 75.2 Å². The highest BCUT2D eigenvalue weighted by atomic mass is 16.2. The number of anilines is 1. The van der Waals surface area contributed by atoms with Crippen LogP contribution in [-0.4, -0.2) is 79.4 Å². The van der Waals surface area contributed by atoms with Gasteiger partial charge in [0.15, 0.2) is 0 Å². The topological polar surface area (TPSA) is 47.1 Å². The number of benzene rings is 1. The average Bonchev–Trinajstić information content (AvgIpc) is 2.78. The highest BCUT2D eigenvalue weighted by molar-refractivity contribution is 5.97. The molecular weight excluding hydrogens is 412 g/mol. The van der Waals surface area contributed by atoms with E-state index in [2.05, 4.69) is 36.8 Å². The van der Waals surface area contributed by atoms with Crippen molar-refractivity contribution >= 4 is 17.5 Å². The number of likely N-dealkylation sites (N-methyl/N-ethyl adjacent to an activating group) is 1. The van der Waals surface area contributed by atoms with E-state index in [4.69, 9.17) is 0 Å². The molecule has 0 saturated carbocycles. The van der Waals surface area contributed by atoms with E-state index in [1.165, 1.54) is 19.3 Å². The van der Waals surface area contributed by atoms with Gasteiger partial charge in [-0.25, -0.2) is 0 Å². The van der Waals surface area contributed by atoms with Gasteiger partial charge in [0.25, 0.3) is 5.91 Å². The molecule has 1 aromatic rings. The van der Waals surface area contributed by atoms with Crippen LogP contribution in [0.25, 0.3) is 0 Å². The second-order valence-electron chi connectivity index (χ2n) is 10.3. The van der Waals surface area contributed by atoms with Gasteiger partial charge in [-0.05, 0) is 69.1 Å². The molecule has 0 bridgehead atoms. The summed E-state index contributed by atoms with van der Waals surface area (Å²) in [6.45, 7) is 13.2. The van der Waals surface area contributed by atoms with E-state index in [1.807, 2.05) is 21.9 Å². The lowest BCUT2D eigenvalue weighted by molar-refractivity contribution is -0.116. The Balaban J connectivity index is 1.91. The van der Waals surface area contributed by atoms with Crippen molar-refractivity contribution in [3.8, 4) is 0 Å². The molecule has 1 aromatic carbocycles. The number of carbonyl (C=O) groups is 2. The lowest BCUT2D eigenvalue weighted by atomic mass is 10.0. The number of rotatable bonds is 4. The van der Waals surface area contributed by atoms with Gasteiger partial charge in [0.05, 0.1) is 0 Å². The number of piperazine rings is 1. The van der Waals surface area contributed by atoms with E-state index in [9.17, 15) is 9.59 Å². The van der Waals surface area contributed by atoms with E-state index in [1.54, 1.807) is 6.92 Å². The molecular formula is C27H44N4O2. The van der Waals surface area contributed by atoms with Crippen LogP contribution < -0.4 is 4.90 Å². The zero-order valence-corrected chi connectivity index (χ0v) is 21.3. The second kappa shape index (κ2) is 12.5. The Morgan fingerprint density at radius 2 is 1.58 bits per heavy atom. The first kappa shape index (κ1) is 25.7. The predicted octanol–water partition coefficient (Wildman–Crippen LogP) is 4.24. The van der Waals surface area contributed by atoms with Crippen molar-refractivity contribution < 1.29 is 9.59 Å². The molecule has 6 nitrogen and oxygen atoms in total. The minimum absolute atomic E-state index is 0.0835. The lowest BCUT2D eigenvalue weighted by Gasteiger charge is -2.33. The van der Waals surface area contributed by atoms with Crippen LogP contribution in [0.2, 0.25) is 0 Å². The van der Waals surface area contributed by atoms with Gasteiger partial charge in [-0.1, -0.05) is 33.1 Å². The van der Waals surface area contributed by atoms with Gasteiger partial charge >= 0.3 is 0 Å². The summed E-state index contributed by atoms with van der Waals surface area (Å²) >= 11 is 0. The van der Waals surface area contributed by atoms with Gasteiger partial charge in [0.2, 0.25) is 5.91 Å². The third-order valence-corrected chi connectivity index (χ3v) is 7.06. The molecule has 33 heavy (non-hydrogen) atoms. The first-order chi connectivity index (χ1) is 15.8. The minimum Gasteiger partial charge on any atom is -0.336 e. The van der Waals surface area contributed by atoms with Crippen LogP contribution in [0.4, 0.5) is 5.69 Å². The zero-order valence-electron chi connectivity index (χ0n) is 21.3. The van der Waals surface area contributed by atoms with Crippen LogP contribution in [0, 0.1) is 5.92 Å². The zero-order chi connectivity index (χ0) is 23.8. The van der Waals surface area contributed by atoms with Crippen molar-refractivity contribution in [2.24, 2.45) is 5.92 Å². The summed E-state index contributed by atoms with van der Waals surface area (Å²) in [5.41, 5.74) is 2.83. The summed E-state index contributed by atoms with van der Waals surface area (Å²) < 4.78 is 0. The van der Waals surface area contributed by atoms with Crippen molar-refractivity contribution in [3.63, 3.8) is 0 Å². The molecule has 1 fully saturated rings. The Bertz CT molecular complexity index is 786. The minimum atomic E-state index is 0.0835. The number of amides is 2. The Kier molecular flexibility index (Phi) is 9.75. The highest BCUT2D eigenvalue weighted by Crippen LogP contribution is 2.27. The predicted molar refractivity (Wildman–Crippen MR) is 136 cm³/mol. The molecule has 0 radical (unpaired) electrons. The molecule has 2 amide bonds. The highest BCUT2D eigenvalue weighted by Gasteiger charge is 2.24. The van der Waals surface area contributed by atoms with Crippen molar-refractivity contribution in [2.45, 2.75) is 65.8 Å². The maximum atomic E-state index is 13.3. The molecule has 184 valence electrons. The van der Waals surface area contributed by atoms with Gasteiger partial charge < -0.3 is 14.7 Å². The Hall–Kier alpha value is -1.92. The maximum absolute atomic E-state index is 13.3. The van der Waals surface area contributed by atoms with Crippen molar-refractivity contribution in [3.05, 3.63) is 29.3 Å². The number of carbonyl (C=O) groups excluding carboxylic acids is 2. The van der Waals surface area contributed by atoms with Crippen LogP contribution in [-0.2, 0) is 11.3 Å². The van der Waals surface area contributed by atoms with Crippen LogP contribution in [0.5, 0.6) is 0 Å². The summed E-state index contributed by atoms with van der Waals surface area (Å²) in [7, 11) is 2.10. The summed E-state index contributed by atoms with van der Waals surface area (Å²) in [5.74, 6) is 0.852. The monoisotopic (exact) mass is 456 g/mol. The molecule has 3 rings (SSSR count). The van der Waals surface area contributed by atoms with Crippen molar-refractivity contribution in [1.82, 2.24) is 14.7 Å². The summed E-state index contributed by atoms with van der Waals surface area (Å²) in [4.78, 5) is 34.6. The van der Waals surface area contributed by atoms with Gasteiger partial charge in [-0.3, -0.25) is 14.5 Å². The molecule has 0 N–H and O–H groups in total. The maximum Gasteiger partial charge on any atom is 0.253 e. The number of hydrogen-bond donors (Lipinski definition) is 0. The van der Waals surface area contributed by atoms with Gasteiger partial charge in [-0.15, -0.1) is 0 Å². The van der Waals surface area contributed by atoms with E-state index < -0.39 is 0 Å². The fourth-order valence-electron chi connectivity index (χ4n) is 4.84. The Morgan fingerprint density at radius 1 is 0.909 bits per heavy atom. The summed E-state index contributed by atoms with van der Waals surface area (Å²) in [5, 5.41) is 0. The smallest absolute Gasteiger partial charge is 0.253 e. The number of nitrogens with zero attached hydrogens (tertiary/aromatic N) is 4. The molecule has 1 saturated heterocycles. The van der Waals surface area contributed by atoms with E-state index in [0.29, 0.717) is 5.92 Å². The standard InChI is InChI=1S/C27H44N4O2/c1-22(2)12-15-29-13-8-6-5-7-9-14-31(23(3)32)26-11-10-24(20-25(26)21-29)27(33)30-18-16-28(4)17-19-30/h10-11,20,22H,5-9,12-19,21H2,1-4H3. The Morgan fingerprint density at radius 3 is 2.24 bits per heavy atom. The molecule has 0 aliphatic carbocycles. The van der Waals surface area contributed by atoms with E-state index in [0.717, 1.165) is 88.4 Å². The van der Waals surface area contributed by atoms with Gasteiger partial charge in [0.1, 0.15) is 0 Å². The van der Waals surface area contributed by atoms with Gasteiger partial charge in [-0.2, -0.15) is 0 Å². The summed E-state index contributed by atoms with van der Waals surface area (Å²) in [6.07, 6.45) is 7.03. The molecule has 0 atom stereocenters. The number of fused-ring (bicyclic) bond motifs is 1. The first-order valence-electron chi connectivity index (χ1n) is 13.0. The normalized spacial score (nSPS) is 19.7. The average molecular weight is 457 g/mol. The van der Waals surface area contributed by atoms with E-state index >= 15 is 0 Å². The first-order valence-corrected chi connectivity index (χ1v) is 13.0. The third-order valence-electron chi connectivity index (χ3n) is 7.06. The van der Waals surface area contributed by atoms with Crippen LogP contribution in [0.3, 0.4) is 0 Å². The van der Waals surface area contributed by atoms with Crippen molar-refractivity contribution in [1.29, 1.82) is 0 Å². The van der Waals surface area contributed by atoms with Crippen molar-refractivity contribution in [2.75, 3.05) is 57.8 Å². The lowest BCUT2D eigenvalue weighted by Crippen LogP contribution is -2.47. The largest absolute Gasteiger partial charge is 0.336 e. The van der Waals surface area contributed by atoms with Crippen LogP contribution >= 0.6 is 0 Å². The second-order valence-corrected chi connectivity index (χ2v) is 10.3. The molecule has 0 spiro atoms. The van der Waals surface area contributed by atoms with Crippen LogP contribution in [0.15, 0.2) is 18.2 Å². The number of hydrogen-bond acceptors (Lipinski definition) is 4. The molecule has 2 aliphatic rings. The molecule has 2 heterocycles. The SMILES string of the molecule is CC(=O)N1CCCCCCCN(CCC(C)C)Cc2cc(C(=O)N3CCN(C)CC3)ccc21. The molecule has 6 heteroatoms. The fourth-order valence-corrected chi connectivity index (χ4v) is 4.84. The van der Waals surface area contributed by atoms with Gasteiger partial charge in [0, 0.05) is 57.4 Å². The van der Waals surface area contributed by atoms with E-state index in [-0.39, 0.29) is 11.8 Å². The quantitative estimate of drug-likeness (QED) is 0.680. The molecule has 0 aromatic heterocycles. The third kappa shape index (κ3) is 7.54. The summed E-state index contributed by atoms with van der Waals surface area (Å²) in [6, 6.07) is 6.02.